The lowest BCUT2D eigenvalue weighted by Gasteiger charge is -2.14. The van der Waals surface area contributed by atoms with Gasteiger partial charge in [0.2, 0.25) is 0 Å². The molecule has 1 aromatic carbocycles. The molecule has 1 saturated heterocycles. The van der Waals surface area contributed by atoms with Crippen LogP contribution in [0.5, 0.6) is 0 Å². The number of nitrogens with one attached hydrogen (secondary N) is 2. The van der Waals surface area contributed by atoms with Crippen molar-refractivity contribution < 1.29 is 4.92 Å². The fraction of sp³-hybridized carbons (Fsp3) is 0.400. The van der Waals surface area contributed by atoms with Crippen LogP contribution in [0.15, 0.2) is 24.3 Å². The third-order valence-corrected chi connectivity index (χ3v) is 3.18. The highest BCUT2D eigenvalue weighted by Gasteiger charge is 2.44. The molecule has 0 radical (unpaired) electrons. The van der Waals surface area contributed by atoms with Gasteiger partial charge < -0.3 is 0 Å². The maximum atomic E-state index is 11.1. The SMILES string of the molecule is CC1NNC(n2nnc3ccccc32)C1[N+](=O)[O-]. The molecule has 8 nitrogen and oxygen atoms in total. The Kier molecular flexibility index (Phi) is 2.46. The molecule has 1 aliphatic heterocycles. The predicted molar refractivity (Wildman–Crippen MR) is 63.1 cm³/mol. The van der Waals surface area contributed by atoms with Gasteiger partial charge >= 0.3 is 0 Å². The lowest BCUT2D eigenvalue weighted by molar-refractivity contribution is -0.529. The number of aromatic nitrogens is 3. The second kappa shape index (κ2) is 4.00. The Morgan fingerprint density at radius 3 is 2.94 bits per heavy atom. The van der Waals surface area contributed by atoms with E-state index in [4.69, 9.17) is 0 Å². The van der Waals surface area contributed by atoms with Crippen LogP contribution in [-0.4, -0.2) is 32.0 Å². The van der Waals surface area contributed by atoms with Gasteiger partial charge in [0.15, 0.2) is 6.17 Å². The van der Waals surface area contributed by atoms with E-state index in [1.807, 2.05) is 24.3 Å². The average Bonchev–Trinajstić information content (AvgIpc) is 2.92. The first kappa shape index (κ1) is 11.1. The zero-order valence-corrected chi connectivity index (χ0v) is 9.65. The predicted octanol–water partition coefficient (Wildman–Crippen LogP) is 0.0715. The Morgan fingerprint density at radius 1 is 1.39 bits per heavy atom. The van der Waals surface area contributed by atoms with Gasteiger partial charge in [-0.05, 0) is 19.1 Å². The minimum absolute atomic E-state index is 0.270. The third kappa shape index (κ3) is 1.54. The van der Waals surface area contributed by atoms with Gasteiger partial charge in [-0.25, -0.2) is 15.5 Å². The van der Waals surface area contributed by atoms with Crippen LogP contribution in [0.25, 0.3) is 11.0 Å². The van der Waals surface area contributed by atoms with Gasteiger partial charge in [0, 0.05) is 4.92 Å². The van der Waals surface area contributed by atoms with Crippen molar-refractivity contribution in [2.45, 2.75) is 25.2 Å². The molecule has 3 rings (SSSR count). The molecule has 18 heavy (non-hydrogen) atoms. The summed E-state index contributed by atoms with van der Waals surface area (Å²) in [5, 5.41) is 19.1. The van der Waals surface area contributed by atoms with Crippen molar-refractivity contribution in [3.8, 4) is 0 Å². The summed E-state index contributed by atoms with van der Waals surface area (Å²) >= 11 is 0. The average molecular weight is 248 g/mol. The topological polar surface area (TPSA) is 97.9 Å². The second-order valence-electron chi connectivity index (χ2n) is 4.32. The quantitative estimate of drug-likeness (QED) is 0.576. The molecular formula is C10H12N6O2. The molecule has 8 heteroatoms. The molecule has 2 heterocycles. The third-order valence-electron chi connectivity index (χ3n) is 3.18. The van der Waals surface area contributed by atoms with E-state index in [1.54, 1.807) is 11.6 Å². The van der Waals surface area contributed by atoms with Crippen molar-refractivity contribution in [3.63, 3.8) is 0 Å². The molecule has 0 aliphatic carbocycles. The molecule has 94 valence electrons. The lowest BCUT2D eigenvalue weighted by atomic mass is 10.1. The van der Waals surface area contributed by atoms with E-state index in [0.29, 0.717) is 0 Å². The molecule has 0 bridgehead atoms. The molecule has 3 atom stereocenters. The van der Waals surface area contributed by atoms with E-state index in [1.165, 1.54) is 0 Å². The summed E-state index contributed by atoms with van der Waals surface area (Å²) in [7, 11) is 0. The molecule has 2 aromatic rings. The molecule has 1 aliphatic rings. The van der Waals surface area contributed by atoms with Crippen LogP contribution < -0.4 is 10.9 Å². The summed E-state index contributed by atoms with van der Waals surface area (Å²) < 4.78 is 1.55. The smallest absolute Gasteiger partial charge is 0.264 e. The van der Waals surface area contributed by atoms with E-state index >= 15 is 0 Å². The van der Waals surface area contributed by atoms with Gasteiger partial charge in [-0.2, -0.15) is 0 Å². The van der Waals surface area contributed by atoms with Crippen molar-refractivity contribution in [1.29, 1.82) is 0 Å². The zero-order valence-electron chi connectivity index (χ0n) is 9.65. The van der Waals surface area contributed by atoms with Crippen LogP contribution in [0.2, 0.25) is 0 Å². The number of rotatable bonds is 2. The first-order chi connectivity index (χ1) is 8.68. The minimum atomic E-state index is -0.782. The Labute approximate surface area is 102 Å². The minimum Gasteiger partial charge on any atom is -0.264 e. The van der Waals surface area contributed by atoms with Crippen LogP contribution in [0.1, 0.15) is 13.1 Å². The highest BCUT2D eigenvalue weighted by atomic mass is 16.6. The van der Waals surface area contributed by atoms with Crippen molar-refractivity contribution >= 4 is 11.0 Å². The summed E-state index contributed by atoms with van der Waals surface area (Å²) in [5.41, 5.74) is 7.27. The van der Waals surface area contributed by atoms with Gasteiger partial charge in [-0.1, -0.05) is 17.3 Å². The summed E-state index contributed by atoms with van der Waals surface area (Å²) in [6, 6.07) is 6.33. The van der Waals surface area contributed by atoms with Crippen LogP contribution in [-0.2, 0) is 0 Å². The van der Waals surface area contributed by atoms with Gasteiger partial charge in [0.05, 0.1) is 11.6 Å². The van der Waals surface area contributed by atoms with E-state index in [-0.39, 0.29) is 11.0 Å². The molecule has 0 saturated carbocycles. The van der Waals surface area contributed by atoms with Crippen molar-refractivity contribution in [3.05, 3.63) is 34.4 Å². The number of nitro groups is 1. The van der Waals surface area contributed by atoms with E-state index in [2.05, 4.69) is 21.2 Å². The van der Waals surface area contributed by atoms with Crippen LogP contribution >= 0.6 is 0 Å². The van der Waals surface area contributed by atoms with Gasteiger partial charge in [-0.3, -0.25) is 10.1 Å². The number of para-hydroxylation sites is 1. The van der Waals surface area contributed by atoms with Crippen LogP contribution in [0.3, 0.4) is 0 Å². The fourth-order valence-corrected chi connectivity index (χ4v) is 2.26. The Morgan fingerprint density at radius 2 is 2.17 bits per heavy atom. The summed E-state index contributed by atoms with van der Waals surface area (Å²) in [4.78, 5) is 10.8. The number of hydrogen-bond acceptors (Lipinski definition) is 6. The number of nitrogens with zero attached hydrogens (tertiary/aromatic N) is 4. The zero-order chi connectivity index (χ0) is 12.7. The van der Waals surface area contributed by atoms with Gasteiger partial charge in [0.1, 0.15) is 5.52 Å². The van der Waals surface area contributed by atoms with Gasteiger partial charge in [0.25, 0.3) is 6.04 Å². The standard InChI is InChI=1S/C10H12N6O2/c1-6-9(16(17)18)10(13-11-6)15-8-5-3-2-4-7(8)12-14-15/h2-6,9-11,13H,1H3. The van der Waals surface area contributed by atoms with Crippen LogP contribution in [0.4, 0.5) is 0 Å². The molecular weight excluding hydrogens is 236 g/mol. The van der Waals surface area contributed by atoms with E-state index in [9.17, 15) is 10.1 Å². The maximum Gasteiger partial charge on any atom is 0.265 e. The first-order valence-corrected chi connectivity index (χ1v) is 5.63. The molecule has 2 N–H and O–H groups in total. The normalized spacial score (nSPS) is 27.7. The fourth-order valence-electron chi connectivity index (χ4n) is 2.26. The van der Waals surface area contributed by atoms with Crippen molar-refractivity contribution in [1.82, 2.24) is 25.8 Å². The maximum absolute atomic E-state index is 11.1. The first-order valence-electron chi connectivity index (χ1n) is 5.63. The highest BCUT2D eigenvalue weighted by Crippen LogP contribution is 2.22. The Hall–Kier alpha value is -2.06. The summed E-state index contributed by atoms with van der Waals surface area (Å²) in [6.07, 6.45) is -0.539. The number of hydrazine groups is 1. The molecule has 1 fully saturated rings. The van der Waals surface area contributed by atoms with E-state index < -0.39 is 12.2 Å². The molecule has 0 amide bonds. The molecule has 0 spiro atoms. The monoisotopic (exact) mass is 248 g/mol. The van der Waals surface area contributed by atoms with Crippen molar-refractivity contribution in [2.75, 3.05) is 0 Å². The highest BCUT2D eigenvalue weighted by molar-refractivity contribution is 5.74. The molecule has 3 unspecified atom stereocenters. The Bertz CT molecular complexity index is 597. The van der Waals surface area contributed by atoms with Crippen LogP contribution in [0, 0.1) is 10.1 Å². The number of hydrogen-bond donors (Lipinski definition) is 2. The number of fused-ring (bicyclic) bond motifs is 1. The lowest BCUT2D eigenvalue weighted by Crippen LogP contribution is -2.37. The largest absolute Gasteiger partial charge is 0.265 e. The van der Waals surface area contributed by atoms with Crippen molar-refractivity contribution in [2.24, 2.45) is 0 Å². The van der Waals surface area contributed by atoms with E-state index in [0.717, 1.165) is 11.0 Å². The summed E-state index contributed by atoms with van der Waals surface area (Å²) in [6.45, 7) is 1.76. The second-order valence-corrected chi connectivity index (χ2v) is 4.32. The summed E-state index contributed by atoms with van der Waals surface area (Å²) in [5.74, 6) is 0. The number of benzene rings is 1. The van der Waals surface area contributed by atoms with Gasteiger partial charge in [-0.15, -0.1) is 5.10 Å². The Balaban J connectivity index is 2.06. The molecule has 1 aromatic heterocycles.